The van der Waals surface area contributed by atoms with E-state index in [-0.39, 0.29) is 27.0 Å². The summed E-state index contributed by atoms with van der Waals surface area (Å²) in [5.41, 5.74) is 0. The summed E-state index contributed by atoms with van der Waals surface area (Å²) in [5, 5.41) is 1.13. The minimum atomic E-state index is -0.233. The van der Waals surface area contributed by atoms with Crippen LogP contribution in [0.15, 0.2) is 0 Å². The Labute approximate surface area is 97.1 Å². The molecule has 0 aliphatic carbocycles. The molecule has 1 atom stereocenters. The first kappa shape index (κ1) is 13.2. The Balaban J connectivity index is 0.00000144. The molecule has 0 fully saturated rings. The van der Waals surface area contributed by atoms with Gasteiger partial charge in [0.1, 0.15) is 0 Å². The summed E-state index contributed by atoms with van der Waals surface area (Å²) in [7, 11) is 5.38. The average Bonchev–Trinajstić information content (AvgIpc) is 2.49. The number of hydroxylamine groups is 2. The van der Waals surface area contributed by atoms with Crippen LogP contribution in [0.5, 0.6) is 0 Å². The smallest absolute Gasteiger partial charge is 0.183 e. The van der Waals surface area contributed by atoms with Gasteiger partial charge in [-0.25, -0.2) is 11.3 Å². The molecular weight excluding hydrogens is 379 g/mol. The Bertz CT molecular complexity index is 294. The van der Waals surface area contributed by atoms with Crippen LogP contribution in [0.25, 0.3) is 0 Å². The second-order valence-electron chi connectivity index (χ2n) is 1.98. The number of rotatable bonds is 2. The van der Waals surface area contributed by atoms with Crippen LogP contribution in [0.1, 0.15) is 9.67 Å². The Morgan fingerprint density at radius 3 is 2.77 bits per heavy atom. The second-order valence-corrected chi connectivity index (χ2v) is 3.97. The molecule has 72 valence electrons. The molecular formula is C6H8N2O2PSW-. The number of carbonyl (C=O) groups is 1. The van der Waals surface area contributed by atoms with Gasteiger partial charge in [-0.15, -0.1) is 9.24 Å². The van der Waals surface area contributed by atoms with Gasteiger partial charge < -0.3 is 9.78 Å². The zero-order chi connectivity index (χ0) is 9.14. The molecule has 1 rings (SSSR count). The quantitative estimate of drug-likeness (QED) is 0.410. The predicted octanol–water partition coefficient (Wildman–Crippen LogP) is 0.0746. The second kappa shape index (κ2) is 5.81. The van der Waals surface area contributed by atoms with Crippen molar-refractivity contribution >= 4 is 31.2 Å². The molecule has 7 heteroatoms. The largest absolute Gasteiger partial charge is 0.374 e. The van der Waals surface area contributed by atoms with Crippen LogP contribution in [0.2, 0.25) is 0 Å². The van der Waals surface area contributed by atoms with Crippen molar-refractivity contribution < 1.29 is 30.7 Å². The monoisotopic (exact) mass is 387 g/mol. The maximum atomic E-state index is 11.3. The van der Waals surface area contributed by atoms with Gasteiger partial charge in [-0.3, -0.25) is 9.90 Å². The summed E-state index contributed by atoms with van der Waals surface area (Å²) in [6.07, 6.45) is 2.60. The van der Waals surface area contributed by atoms with Gasteiger partial charge in [0.05, 0.1) is 7.11 Å². The molecule has 1 aromatic heterocycles. The average molecular weight is 387 g/mol. The topological polar surface area (TPSA) is 42.4 Å². The van der Waals surface area contributed by atoms with Crippen LogP contribution in [-0.4, -0.2) is 30.1 Å². The molecule has 0 aliphatic heterocycles. The van der Waals surface area contributed by atoms with Crippen molar-refractivity contribution in [2.24, 2.45) is 0 Å². The van der Waals surface area contributed by atoms with Crippen molar-refractivity contribution in [3.63, 3.8) is 0 Å². The maximum Gasteiger partial charge on any atom is 0.183 e. The van der Waals surface area contributed by atoms with Crippen molar-refractivity contribution in [3.8, 4) is 0 Å². The molecule has 1 amide bonds. The molecule has 0 saturated carbocycles. The van der Waals surface area contributed by atoms with Crippen molar-refractivity contribution in [3.05, 3.63) is 11.1 Å². The molecule has 0 spiro atoms. The number of nitrogens with zero attached hydrogens (tertiary/aromatic N) is 2. The molecule has 0 aliphatic rings. The van der Waals surface area contributed by atoms with Crippen LogP contribution >= 0.6 is 20.6 Å². The van der Waals surface area contributed by atoms with Crippen LogP contribution in [0.4, 0.5) is 0 Å². The summed E-state index contributed by atoms with van der Waals surface area (Å²) in [6, 6.07) is 0. The van der Waals surface area contributed by atoms with Gasteiger partial charge in [0.25, 0.3) is 0 Å². The van der Waals surface area contributed by atoms with E-state index in [4.69, 9.17) is 4.84 Å². The fourth-order valence-electron chi connectivity index (χ4n) is 0.573. The van der Waals surface area contributed by atoms with E-state index in [0.717, 1.165) is 9.81 Å². The molecule has 4 nitrogen and oxygen atoms in total. The SMILES string of the molecule is CON(C)C(=O)c1[c-]nc(P)s1.[W]. The van der Waals surface area contributed by atoms with Crippen molar-refractivity contribution in [1.29, 1.82) is 0 Å². The molecule has 1 heterocycles. The predicted molar refractivity (Wildman–Crippen MR) is 49.4 cm³/mol. The summed E-state index contributed by atoms with van der Waals surface area (Å²) < 4.78 is 0.739. The zero-order valence-corrected chi connectivity index (χ0v) is 12.0. The third-order valence-electron chi connectivity index (χ3n) is 1.23. The number of hydrogen-bond donors (Lipinski definition) is 0. The maximum absolute atomic E-state index is 11.3. The van der Waals surface area contributed by atoms with E-state index in [9.17, 15) is 4.79 Å². The number of hydrogen-bond acceptors (Lipinski definition) is 4. The van der Waals surface area contributed by atoms with E-state index in [1.165, 1.54) is 18.4 Å². The van der Waals surface area contributed by atoms with E-state index >= 15 is 0 Å². The Kier molecular flexibility index (Phi) is 5.89. The molecule has 0 N–H and O–H groups in total. The third kappa shape index (κ3) is 3.43. The molecule has 0 radical (unpaired) electrons. The van der Waals surface area contributed by atoms with E-state index in [2.05, 4.69) is 20.4 Å². The fourth-order valence-corrected chi connectivity index (χ4v) is 1.60. The summed E-state index contributed by atoms with van der Waals surface area (Å²) in [5.74, 6) is -0.233. The van der Waals surface area contributed by atoms with Gasteiger partial charge in [0.15, 0.2) is 5.91 Å². The van der Waals surface area contributed by atoms with Crippen molar-refractivity contribution in [1.82, 2.24) is 10.0 Å². The molecule has 0 aromatic carbocycles. The number of carbonyl (C=O) groups excluding carboxylic acids is 1. The molecule has 0 saturated heterocycles. The number of thiazole rings is 1. The van der Waals surface area contributed by atoms with E-state index in [1.807, 2.05) is 0 Å². The van der Waals surface area contributed by atoms with Crippen molar-refractivity contribution in [2.75, 3.05) is 14.2 Å². The van der Waals surface area contributed by atoms with Crippen LogP contribution in [0, 0.1) is 6.20 Å². The van der Waals surface area contributed by atoms with E-state index in [0.29, 0.717) is 4.88 Å². The van der Waals surface area contributed by atoms with Gasteiger partial charge in [-0.05, 0) is 4.88 Å². The first-order valence-electron chi connectivity index (χ1n) is 3.11. The minimum Gasteiger partial charge on any atom is -0.374 e. The number of amides is 1. The van der Waals surface area contributed by atoms with E-state index in [1.54, 1.807) is 7.05 Å². The Morgan fingerprint density at radius 2 is 2.38 bits per heavy atom. The fraction of sp³-hybridized carbons (Fsp3) is 0.333. The van der Waals surface area contributed by atoms with Gasteiger partial charge >= 0.3 is 0 Å². The van der Waals surface area contributed by atoms with Gasteiger partial charge in [-0.1, -0.05) is 6.20 Å². The molecule has 1 unspecified atom stereocenters. The molecule has 0 bridgehead atoms. The minimum absolute atomic E-state index is 0. The van der Waals surface area contributed by atoms with E-state index < -0.39 is 0 Å². The van der Waals surface area contributed by atoms with Crippen LogP contribution < -0.4 is 4.75 Å². The van der Waals surface area contributed by atoms with Crippen LogP contribution in [-0.2, 0) is 25.9 Å². The van der Waals surface area contributed by atoms with Gasteiger partial charge in [-0.2, -0.15) is 0 Å². The van der Waals surface area contributed by atoms with Crippen molar-refractivity contribution in [2.45, 2.75) is 0 Å². The normalized spacial score (nSPS) is 9.15. The Morgan fingerprint density at radius 1 is 1.77 bits per heavy atom. The van der Waals surface area contributed by atoms with Gasteiger partial charge in [0, 0.05) is 32.9 Å². The summed E-state index contributed by atoms with van der Waals surface area (Å²) in [4.78, 5) is 20.3. The first-order valence-corrected chi connectivity index (χ1v) is 4.50. The van der Waals surface area contributed by atoms with Crippen LogP contribution in [0.3, 0.4) is 0 Å². The zero-order valence-electron chi connectivity index (χ0n) is 7.10. The third-order valence-corrected chi connectivity index (χ3v) is 2.48. The van der Waals surface area contributed by atoms with Gasteiger partial charge in [0.2, 0.25) is 0 Å². The Hall–Kier alpha value is 0.178. The molecule has 13 heavy (non-hydrogen) atoms. The first-order chi connectivity index (χ1) is 5.65. The number of aromatic nitrogens is 1. The summed E-state index contributed by atoms with van der Waals surface area (Å²) >= 11 is 1.26. The standard InChI is InChI=1S/C6H8N2O2PS.W/c1-8(10-2)5(9)4-3-7-6(11)12-4;/h11H2,1-2H3;/q-1;. The molecule has 1 aromatic rings. The summed E-state index contributed by atoms with van der Waals surface area (Å²) in [6.45, 7) is 0.